The highest BCUT2D eigenvalue weighted by Gasteiger charge is 2.74. The molecule has 0 aromatic heterocycles. The van der Waals surface area contributed by atoms with Crippen LogP contribution in [0.3, 0.4) is 0 Å². The summed E-state index contributed by atoms with van der Waals surface area (Å²) in [6, 6.07) is 19.5. The van der Waals surface area contributed by atoms with Gasteiger partial charge in [-0.2, -0.15) is 0 Å². The highest BCUT2D eigenvalue weighted by Crippen LogP contribution is 2.68. The van der Waals surface area contributed by atoms with E-state index in [1.54, 1.807) is 0 Å². The van der Waals surface area contributed by atoms with E-state index in [0.29, 0.717) is 13.2 Å². The summed E-state index contributed by atoms with van der Waals surface area (Å²) in [5.41, 5.74) is 2.07. The molecule has 2 aromatic rings. The molecular formula is C32H32N2O6. The first kappa shape index (κ1) is 25.4. The molecule has 8 heteroatoms. The van der Waals surface area contributed by atoms with Crippen LogP contribution in [0.4, 0.5) is 0 Å². The van der Waals surface area contributed by atoms with E-state index in [2.05, 4.69) is 0 Å². The predicted molar refractivity (Wildman–Crippen MR) is 143 cm³/mol. The Hall–Kier alpha value is -3.62. The zero-order chi connectivity index (χ0) is 27.4. The molecule has 6 aliphatic rings. The third-order valence-corrected chi connectivity index (χ3v) is 9.67. The fraction of sp³-hybridized carbons (Fsp3) is 0.438. The Labute approximate surface area is 232 Å². The highest BCUT2D eigenvalue weighted by atomic mass is 16.5. The van der Waals surface area contributed by atoms with Crippen molar-refractivity contribution in [2.75, 3.05) is 26.3 Å². The van der Waals surface area contributed by atoms with Gasteiger partial charge in [0.2, 0.25) is 23.6 Å². The summed E-state index contributed by atoms with van der Waals surface area (Å²) in [6.07, 6.45) is 4.07. The van der Waals surface area contributed by atoms with E-state index in [9.17, 15) is 19.2 Å². The Kier molecular flexibility index (Phi) is 6.40. The Morgan fingerprint density at radius 1 is 0.525 bits per heavy atom. The van der Waals surface area contributed by atoms with E-state index >= 15 is 0 Å². The summed E-state index contributed by atoms with van der Waals surface area (Å²) in [6.45, 7) is 1.82. The van der Waals surface area contributed by atoms with Crippen LogP contribution in [0.1, 0.15) is 11.1 Å². The second-order valence-electron chi connectivity index (χ2n) is 11.5. The number of benzene rings is 2. The van der Waals surface area contributed by atoms with Crippen molar-refractivity contribution in [2.45, 2.75) is 13.2 Å². The lowest BCUT2D eigenvalue weighted by molar-refractivity contribution is -0.166. The SMILES string of the molecule is O=C1[C@@H]2[C@@H]3C=C[C@@H]([C@@H]2C(=O)N1CCOCc1ccccc1)[C@H]1[C@H]2C(=O)N(CCOCc4ccccc4)C(=O)[C@@H]2[C@H]31. The molecule has 4 aliphatic carbocycles. The van der Waals surface area contributed by atoms with E-state index in [1.165, 1.54) is 9.80 Å². The molecule has 40 heavy (non-hydrogen) atoms. The second-order valence-corrected chi connectivity index (χ2v) is 11.5. The van der Waals surface area contributed by atoms with Crippen molar-refractivity contribution >= 4 is 23.6 Å². The fourth-order valence-corrected chi connectivity index (χ4v) is 8.01. The number of ether oxygens (including phenoxy) is 2. The Balaban J connectivity index is 0.993. The van der Waals surface area contributed by atoms with Crippen LogP contribution >= 0.6 is 0 Å². The molecule has 2 saturated carbocycles. The van der Waals surface area contributed by atoms with Crippen LogP contribution in [-0.4, -0.2) is 59.7 Å². The number of likely N-dealkylation sites (tertiary alicyclic amines) is 2. The maximum atomic E-state index is 13.5. The predicted octanol–water partition coefficient (Wildman–Crippen LogP) is 2.68. The molecule has 8 nitrogen and oxygen atoms in total. The minimum absolute atomic E-state index is 0.0704. The number of hydrogen-bond acceptors (Lipinski definition) is 6. The first-order valence-corrected chi connectivity index (χ1v) is 14.2. The largest absolute Gasteiger partial charge is 0.375 e. The maximum Gasteiger partial charge on any atom is 0.233 e. The van der Waals surface area contributed by atoms with E-state index in [-0.39, 0.29) is 73.6 Å². The van der Waals surface area contributed by atoms with Crippen LogP contribution in [0.2, 0.25) is 0 Å². The smallest absolute Gasteiger partial charge is 0.233 e. The quantitative estimate of drug-likeness (QED) is 0.261. The maximum absolute atomic E-state index is 13.5. The number of imide groups is 2. The molecule has 4 fully saturated rings. The number of allylic oxidation sites excluding steroid dienone is 2. The number of carbonyl (C=O) groups excluding carboxylic acids is 4. The van der Waals surface area contributed by atoms with Crippen molar-refractivity contribution in [3.63, 3.8) is 0 Å². The highest BCUT2D eigenvalue weighted by molar-refractivity contribution is 6.09. The van der Waals surface area contributed by atoms with Gasteiger partial charge in [0.1, 0.15) is 0 Å². The lowest BCUT2D eigenvalue weighted by atomic mass is 9.40. The van der Waals surface area contributed by atoms with Crippen molar-refractivity contribution < 1.29 is 28.7 Å². The van der Waals surface area contributed by atoms with Crippen LogP contribution in [0.25, 0.3) is 0 Å². The van der Waals surface area contributed by atoms with Crippen LogP contribution in [0, 0.1) is 47.3 Å². The summed E-state index contributed by atoms with van der Waals surface area (Å²) >= 11 is 0. The van der Waals surface area contributed by atoms with Crippen LogP contribution in [0.15, 0.2) is 72.8 Å². The monoisotopic (exact) mass is 540 g/mol. The van der Waals surface area contributed by atoms with Crippen molar-refractivity contribution in [3.8, 4) is 0 Å². The minimum Gasteiger partial charge on any atom is -0.375 e. The third-order valence-electron chi connectivity index (χ3n) is 9.67. The molecule has 0 N–H and O–H groups in total. The summed E-state index contributed by atoms with van der Waals surface area (Å²) < 4.78 is 11.5. The third kappa shape index (κ3) is 3.88. The molecular weight excluding hydrogens is 508 g/mol. The van der Waals surface area contributed by atoms with Gasteiger partial charge in [0.15, 0.2) is 0 Å². The first-order chi connectivity index (χ1) is 19.6. The number of rotatable bonds is 10. The van der Waals surface area contributed by atoms with Gasteiger partial charge in [-0.25, -0.2) is 0 Å². The van der Waals surface area contributed by atoms with Gasteiger partial charge in [0.05, 0.1) is 63.2 Å². The van der Waals surface area contributed by atoms with E-state index in [4.69, 9.17) is 9.47 Å². The molecule has 8 atom stereocenters. The minimum atomic E-state index is -0.454. The molecule has 2 bridgehead atoms. The van der Waals surface area contributed by atoms with Crippen molar-refractivity contribution in [3.05, 3.63) is 83.9 Å². The number of carbonyl (C=O) groups is 4. The lowest BCUT2D eigenvalue weighted by Crippen LogP contribution is -2.63. The standard InChI is InChI=1S/C32H32N2O6/c35-29-25-21-11-12-22(26(25)30(36)33(29)13-15-39-17-19-7-3-1-4-8-19)24-23(21)27-28(24)32(38)34(31(27)37)14-16-40-18-20-9-5-2-6-10-20/h1-12,21-28H,13-18H2/t21-,22-,23-,24-,25-,26+,27-,28-/m1/s1. The summed E-state index contributed by atoms with van der Waals surface area (Å²) in [7, 11) is 0. The van der Waals surface area contributed by atoms with Gasteiger partial charge < -0.3 is 9.47 Å². The molecule has 2 saturated heterocycles. The molecule has 0 radical (unpaired) electrons. The average molecular weight is 541 g/mol. The second kappa shape index (κ2) is 10.1. The molecule has 4 amide bonds. The van der Waals surface area contributed by atoms with Crippen molar-refractivity contribution in [2.24, 2.45) is 47.3 Å². The van der Waals surface area contributed by atoms with Gasteiger partial charge in [-0.15, -0.1) is 0 Å². The zero-order valence-corrected chi connectivity index (χ0v) is 22.1. The first-order valence-electron chi connectivity index (χ1n) is 14.2. The summed E-state index contributed by atoms with van der Waals surface area (Å²) in [4.78, 5) is 56.6. The number of amides is 4. The molecule has 2 heterocycles. The van der Waals surface area contributed by atoms with Crippen molar-refractivity contribution in [1.29, 1.82) is 0 Å². The van der Waals surface area contributed by atoms with Gasteiger partial charge in [0.25, 0.3) is 0 Å². The Morgan fingerprint density at radius 2 is 0.900 bits per heavy atom. The number of hydrogen-bond donors (Lipinski definition) is 0. The Morgan fingerprint density at radius 3 is 1.30 bits per heavy atom. The van der Waals surface area contributed by atoms with Gasteiger partial charge in [-0.3, -0.25) is 29.0 Å². The summed E-state index contributed by atoms with van der Waals surface area (Å²) in [5, 5.41) is 0. The topological polar surface area (TPSA) is 93.2 Å². The van der Waals surface area contributed by atoms with Crippen LogP contribution < -0.4 is 0 Å². The molecule has 8 rings (SSSR count). The van der Waals surface area contributed by atoms with Gasteiger partial charge in [0, 0.05) is 0 Å². The lowest BCUT2D eigenvalue weighted by Gasteiger charge is -2.60. The molecule has 206 valence electrons. The molecule has 2 aromatic carbocycles. The average Bonchev–Trinajstić information content (AvgIpc) is 3.34. The molecule has 2 aliphatic heterocycles. The summed E-state index contributed by atoms with van der Waals surface area (Å²) in [5.74, 6) is -2.89. The van der Waals surface area contributed by atoms with Crippen molar-refractivity contribution in [1.82, 2.24) is 9.80 Å². The zero-order valence-electron chi connectivity index (χ0n) is 22.1. The van der Waals surface area contributed by atoms with E-state index in [1.807, 2.05) is 72.8 Å². The van der Waals surface area contributed by atoms with Gasteiger partial charge in [-0.1, -0.05) is 72.8 Å². The number of fused-ring (bicyclic) bond motifs is 1. The van der Waals surface area contributed by atoms with Crippen LogP contribution in [0.5, 0.6) is 0 Å². The normalized spacial score (nSPS) is 33.3. The molecule has 0 spiro atoms. The van der Waals surface area contributed by atoms with Crippen LogP contribution in [-0.2, 0) is 41.9 Å². The number of nitrogens with zero attached hydrogens (tertiary/aromatic N) is 2. The van der Waals surface area contributed by atoms with Gasteiger partial charge in [-0.05, 0) is 34.8 Å². The van der Waals surface area contributed by atoms with E-state index < -0.39 is 23.7 Å². The van der Waals surface area contributed by atoms with E-state index in [0.717, 1.165) is 11.1 Å². The Bertz CT molecular complexity index is 1300. The molecule has 0 unspecified atom stereocenters. The van der Waals surface area contributed by atoms with Gasteiger partial charge >= 0.3 is 0 Å². The fourth-order valence-electron chi connectivity index (χ4n) is 8.01.